The summed E-state index contributed by atoms with van der Waals surface area (Å²) in [5.41, 5.74) is 9.97. The number of carbonyl (C=O) groups excluding carboxylic acids is 1. The Morgan fingerprint density at radius 3 is 2.60 bits per heavy atom. The molecule has 4 aromatic rings. The van der Waals surface area contributed by atoms with E-state index < -0.39 is 0 Å². The molecular formula is C27H26ClN5O2. The number of aromatic nitrogens is 3. The number of methoxy groups -OCH3 is 1. The Bertz CT molecular complexity index is 1440. The van der Waals surface area contributed by atoms with E-state index >= 15 is 0 Å². The Hall–Kier alpha value is -3.58. The standard InChI is InChI=1S/C27H26ClN5O2/c1-35-19-7-5-17(6-8-19)15-33-26(34)23-21(27(33)10-3-2-4-11-27)13-18(14-22(23)28)32-12-9-20-24(29)30-16-31-25(20)32/h5-9,12-14,16H,2-4,10-11,15H2,1H3,(H2,29,30,31). The molecule has 1 aliphatic carbocycles. The van der Waals surface area contributed by atoms with Gasteiger partial charge in [0.2, 0.25) is 0 Å². The maximum Gasteiger partial charge on any atom is 0.256 e. The first-order chi connectivity index (χ1) is 17.0. The van der Waals surface area contributed by atoms with Gasteiger partial charge in [-0.1, -0.05) is 43.0 Å². The molecule has 178 valence electrons. The molecule has 2 aliphatic rings. The van der Waals surface area contributed by atoms with E-state index in [1.165, 1.54) is 12.7 Å². The maximum atomic E-state index is 13.8. The number of rotatable bonds is 4. The molecule has 0 atom stereocenters. The number of nitrogen functional groups attached to an aromatic ring is 1. The Balaban J connectivity index is 1.48. The molecule has 1 amide bonds. The van der Waals surface area contributed by atoms with Gasteiger partial charge in [-0.3, -0.25) is 4.79 Å². The molecule has 2 aromatic heterocycles. The fraction of sp³-hybridized carbons (Fsp3) is 0.296. The SMILES string of the molecule is COc1ccc(CN2C(=O)c3c(Cl)cc(-n4ccc5c(N)ncnc54)cc3C23CCCCC3)cc1. The Morgan fingerprint density at radius 2 is 1.86 bits per heavy atom. The summed E-state index contributed by atoms with van der Waals surface area (Å²) in [7, 11) is 1.65. The van der Waals surface area contributed by atoms with Gasteiger partial charge in [-0.2, -0.15) is 0 Å². The molecule has 0 bridgehead atoms. The Kier molecular flexibility index (Phi) is 5.18. The molecule has 3 heterocycles. The van der Waals surface area contributed by atoms with Crippen molar-refractivity contribution in [3.05, 3.63) is 76.7 Å². The monoisotopic (exact) mass is 487 g/mol. The second-order valence-electron chi connectivity index (χ2n) is 9.36. The average molecular weight is 488 g/mol. The lowest BCUT2D eigenvalue weighted by atomic mass is 9.76. The lowest BCUT2D eigenvalue weighted by molar-refractivity contribution is 0.0387. The van der Waals surface area contributed by atoms with Crippen molar-refractivity contribution in [1.29, 1.82) is 0 Å². The van der Waals surface area contributed by atoms with Crippen LogP contribution in [0.4, 0.5) is 5.82 Å². The van der Waals surface area contributed by atoms with Gasteiger partial charge < -0.3 is 19.9 Å². The number of halogens is 1. The number of hydrogen-bond acceptors (Lipinski definition) is 5. The molecule has 2 N–H and O–H groups in total. The number of ether oxygens (including phenoxy) is 1. The maximum absolute atomic E-state index is 13.8. The molecule has 7 nitrogen and oxygen atoms in total. The molecule has 0 radical (unpaired) electrons. The van der Waals surface area contributed by atoms with Crippen LogP contribution < -0.4 is 10.5 Å². The summed E-state index contributed by atoms with van der Waals surface area (Å²) < 4.78 is 7.27. The summed E-state index contributed by atoms with van der Waals surface area (Å²) in [5.74, 6) is 1.23. The second kappa shape index (κ2) is 8.27. The van der Waals surface area contributed by atoms with Gasteiger partial charge in [-0.25, -0.2) is 9.97 Å². The first-order valence-corrected chi connectivity index (χ1v) is 12.3. The topological polar surface area (TPSA) is 86.3 Å². The van der Waals surface area contributed by atoms with Gasteiger partial charge in [0.05, 0.1) is 28.6 Å². The summed E-state index contributed by atoms with van der Waals surface area (Å²) in [6.07, 6.45) is 8.55. The van der Waals surface area contributed by atoms with Crippen molar-refractivity contribution in [1.82, 2.24) is 19.4 Å². The minimum absolute atomic E-state index is 0.00167. The highest BCUT2D eigenvalue weighted by Gasteiger charge is 2.50. The highest BCUT2D eigenvalue weighted by Crippen LogP contribution is 2.51. The van der Waals surface area contributed by atoms with Crippen LogP contribution in [0.5, 0.6) is 5.75 Å². The summed E-state index contributed by atoms with van der Waals surface area (Å²) in [4.78, 5) is 24.4. The van der Waals surface area contributed by atoms with Crippen LogP contribution in [0.1, 0.15) is 53.6 Å². The molecular weight excluding hydrogens is 462 g/mol. The minimum Gasteiger partial charge on any atom is -0.497 e. The molecule has 0 saturated heterocycles. The fourth-order valence-corrected chi connectivity index (χ4v) is 6.08. The highest BCUT2D eigenvalue weighted by atomic mass is 35.5. The predicted octanol–water partition coefficient (Wildman–Crippen LogP) is 5.48. The second-order valence-corrected chi connectivity index (χ2v) is 9.77. The van der Waals surface area contributed by atoms with Crippen molar-refractivity contribution < 1.29 is 9.53 Å². The van der Waals surface area contributed by atoms with Crippen LogP contribution in [0, 0.1) is 0 Å². The smallest absolute Gasteiger partial charge is 0.256 e. The van der Waals surface area contributed by atoms with E-state index in [1.54, 1.807) is 7.11 Å². The number of nitrogens with zero attached hydrogens (tertiary/aromatic N) is 4. The number of benzene rings is 2. The largest absolute Gasteiger partial charge is 0.497 e. The zero-order valence-electron chi connectivity index (χ0n) is 19.5. The van der Waals surface area contributed by atoms with Crippen LogP contribution in [-0.2, 0) is 12.1 Å². The minimum atomic E-state index is -0.374. The van der Waals surface area contributed by atoms with E-state index in [2.05, 4.69) is 16.0 Å². The van der Waals surface area contributed by atoms with Crippen LogP contribution in [0.2, 0.25) is 5.02 Å². The highest BCUT2D eigenvalue weighted by molar-refractivity contribution is 6.34. The molecule has 2 aromatic carbocycles. The van der Waals surface area contributed by atoms with Gasteiger partial charge in [-0.05, 0) is 54.3 Å². The van der Waals surface area contributed by atoms with Crippen molar-refractivity contribution in [2.75, 3.05) is 12.8 Å². The molecule has 1 saturated carbocycles. The van der Waals surface area contributed by atoms with Crippen LogP contribution in [0.3, 0.4) is 0 Å². The van der Waals surface area contributed by atoms with E-state index in [4.69, 9.17) is 22.1 Å². The third kappa shape index (κ3) is 3.37. The number of fused-ring (bicyclic) bond motifs is 3. The van der Waals surface area contributed by atoms with Gasteiger partial charge in [0.25, 0.3) is 5.91 Å². The first-order valence-electron chi connectivity index (χ1n) is 11.9. The molecule has 0 unspecified atom stereocenters. The zero-order chi connectivity index (χ0) is 24.2. The Labute approximate surface area is 208 Å². The lowest BCUT2D eigenvalue weighted by Gasteiger charge is -2.42. The summed E-state index contributed by atoms with van der Waals surface area (Å²) >= 11 is 6.84. The van der Waals surface area contributed by atoms with Crippen LogP contribution in [0.25, 0.3) is 16.7 Å². The average Bonchev–Trinajstić information content (AvgIpc) is 3.40. The van der Waals surface area contributed by atoms with Gasteiger partial charge in [-0.15, -0.1) is 0 Å². The van der Waals surface area contributed by atoms with Crippen molar-refractivity contribution >= 4 is 34.4 Å². The van der Waals surface area contributed by atoms with Gasteiger partial charge in [0, 0.05) is 18.4 Å². The van der Waals surface area contributed by atoms with Gasteiger partial charge in [0.15, 0.2) is 0 Å². The van der Waals surface area contributed by atoms with Crippen molar-refractivity contribution in [2.24, 2.45) is 0 Å². The third-order valence-electron chi connectivity index (χ3n) is 7.52. The number of carbonyl (C=O) groups is 1. The summed E-state index contributed by atoms with van der Waals surface area (Å²) in [5, 5.41) is 1.25. The molecule has 6 rings (SSSR count). The van der Waals surface area contributed by atoms with Crippen molar-refractivity contribution in [3.8, 4) is 11.4 Å². The van der Waals surface area contributed by atoms with Crippen LogP contribution in [-0.4, -0.2) is 32.5 Å². The zero-order valence-corrected chi connectivity index (χ0v) is 20.3. The third-order valence-corrected chi connectivity index (χ3v) is 7.82. The van der Waals surface area contributed by atoms with E-state index in [1.807, 2.05) is 52.1 Å². The summed E-state index contributed by atoms with van der Waals surface area (Å²) in [6.45, 7) is 0.527. The van der Waals surface area contributed by atoms with Gasteiger partial charge >= 0.3 is 0 Å². The van der Waals surface area contributed by atoms with Crippen molar-refractivity contribution in [3.63, 3.8) is 0 Å². The van der Waals surface area contributed by atoms with Gasteiger partial charge in [0.1, 0.15) is 23.5 Å². The quantitative estimate of drug-likeness (QED) is 0.412. The van der Waals surface area contributed by atoms with Crippen LogP contribution in [0.15, 0.2) is 55.0 Å². The first kappa shape index (κ1) is 21.9. The normalized spacial score (nSPS) is 16.7. The van der Waals surface area contributed by atoms with E-state index in [0.717, 1.165) is 53.6 Å². The molecule has 8 heteroatoms. The van der Waals surface area contributed by atoms with E-state index in [0.29, 0.717) is 28.6 Å². The van der Waals surface area contributed by atoms with E-state index in [9.17, 15) is 4.79 Å². The number of anilines is 1. The van der Waals surface area contributed by atoms with Crippen LogP contribution >= 0.6 is 11.6 Å². The molecule has 1 aliphatic heterocycles. The van der Waals surface area contributed by atoms with Crippen molar-refractivity contribution in [2.45, 2.75) is 44.2 Å². The number of nitrogens with two attached hydrogens (primary N) is 1. The lowest BCUT2D eigenvalue weighted by Crippen LogP contribution is -2.44. The number of hydrogen-bond donors (Lipinski definition) is 1. The predicted molar refractivity (Wildman–Crippen MR) is 136 cm³/mol. The Morgan fingerprint density at radius 1 is 1.09 bits per heavy atom. The number of amides is 1. The molecule has 1 fully saturated rings. The fourth-order valence-electron chi connectivity index (χ4n) is 5.78. The molecule has 1 spiro atoms. The van der Waals surface area contributed by atoms with E-state index in [-0.39, 0.29) is 11.4 Å². The molecule has 35 heavy (non-hydrogen) atoms. The summed E-state index contributed by atoms with van der Waals surface area (Å²) in [6, 6.07) is 13.8.